The molecule has 172 valence electrons. The minimum Gasteiger partial charge on any atom is -0.379 e. The fraction of sp³-hybridized carbons (Fsp3) is 0.652. The zero-order chi connectivity index (χ0) is 22.4. The molecule has 1 aliphatic rings. The molecule has 3 rings (SSSR count). The Labute approximate surface area is 190 Å². The molecule has 0 radical (unpaired) electrons. The number of nitrogens with one attached hydrogen (secondary N) is 2. The Morgan fingerprint density at radius 3 is 2.58 bits per heavy atom. The van der Waals surface area contributed by atoms with Crippen LogP contribution in [0.25, 0.3) is 0 Å². The Morgan fingerprint density at radius 1 is 1.26 bits per heavy atom. The molecule has 1 fully saturated rings. The van der Waals surface area contributed by atoms with Crippen LogP contribution in [-0.2, 0) is 18.2 Å². The Bertz CT molecular complexity index is 868. The van der Waals surface area contributed by atoms with Crippen molar-refractivity contribution in [2.24, 2.45) is 12.0 Å². The van der Waals surface area contributed by atoms with Gasteiger partial charge in [-0.05, 0) is 58.7 Å². The number of morpholine rings is 1. The first-order valence-corrected chi connectivity index (χ1v) is 12.1. The highest BCUT2D eigenvalue weighted by molar-refractivity contribution is 7.12. The van der Waals surface area contributed by atoms with Gasteiger partial charge in [-0.2, -0.15) is 5.10 Å². The molecule has 0 bridgehead atoms. The van der Waals surface area contributed by atoms with E-state index >= 15 is 0 Å². The van der Waals surface area contributed by atoms with Gasteiger partial charge in [-0.3, -0.25) is 14.6 Å². The van der Waals surface area contributed by atoms with E-state index in [1.165, 1.54) is 21.0 Å². The quantitative estimate of drug-likeness (QED) is 0.482. The summed E-state index contributed by atoms with van der Waals surface area (Å²) in [7, 11) is 2.01. The van der Waals surface area contributed by atoms with Gasteiger partial charge in [-0.15, -0.1) is 11.3 Å². The fourth-order valence-corrected chi connectivity index (χ4v) is 5.11. The number of ether oxygens (including phenoxy) is 1. The van der Waals surface area contributed by atoms with Crippen molar-refractivity contribution in [3.63, 3.8) is 0 Å². The second kappa shape index (κ2) is 11.1. The summed E-state index contributed by atoms with van der Waals surface area (Å²) in [5.41, 5.74) is 3.66. The molecule has 7 nitrogen and oxygen atoms in total. The van der Waals surface area contributed by atoms with Gasteiger partial charge < -0.3 is 15.4 Å². The first-order valence-electron chi connectivity index (χ1n) is 11.3. The van der Waals surface area contributed by atoms with E-state index in [-0.39, 0.29) is 12.1 Å². The fourth-order valence-electron chi connectivity index (χ4n) is 4.11. The Morgan fingerprint density at radius 2 is 2.00 bits per heavy atom. The zero-order valence-corrected chi connectivity index (χ0v) is 20.7. The summed E-state index contributed by atoms with van der Waals surface area (Å²) in [5, 5.41) is 11.6. The lowest BCUT2D eigenvalue weighted by Gasteiger charge is -2.33. The average molecular weight is 447 g/mol. The zero-order valence-electron chi connectivity index (χ0n) is 19.9. The number of rotatable bonds is 8. The summed E-state index contributed by atoms with van der Waals surface area (Å²) in [4.78, 5) is 10.2. The molecule has 3 heterocycles. The van der Waals surface area contributed by atoms with E-state index in [0.29, 0.717) is 0 Å². The first-order chi connectivity index (χ1) is 14.9. The molecule has 8 heteroatoms. The Balaban J connectivity index is 1.71. The van der Waals surface area contributed by atoms with Crippen LogP contribution in [0.1, 0.15) is 46.6 Å². The molecule has 2 aromatic rings. The lowest BCUT2D eigenvalue weighted by atomic mass is 10.1. The number of hydrogen-bond acceptors (Lipinski definition) is 5. The molecule has 0 spiro atoms. The highest BCUT2D eigenvalue weighted by atomic mass is 32.1. The molecule has 0 amide bonds. The van der Waals surface area contributed by atoms with Gasteiger partial charge in [-0.1, -0.05) is 0 Å². The second-order valence-electron chi connectivity index (χ2n) is 8.35. The molecular weight excluding hydrogens is 408 g/mol. The molecule has 31 heavy (non-hydrogen) atoms. The minimum absolute atomic E-state index is 0.255. The summed E-state index contributed by atoms with van der Waals surface area (Å²) >= 11 is 1.87. The van der Waals surface area contributed by atoms with E-state index < -0.39 is 0 Å². The van der Waals surface area contributed by atoms with E-state index in [1.807, 2.05) is 23.1 Å². The van der Waals surface area contributed by atoms with Gasteiger partial charge in [0.25, 0.3) is 0 Å². The number of thiophene rings is 1. The average Bonchev–Trinajstić information content (AvgIpc) is 3.27. The summed E-state index contributed by atoms with van der Waals surface area (Å²) in [6.45, 7) is 15.8. The van der Waals surface area contributed by atoms with Gasteiger partial charge >= 0.3 is 0 Å². The SMILES string of the molecule is CCNC(=NCC(c1ccc(C)s1)N1CCOCC1)NC(C)Cc1c(C)nn(C)c1C. The summed E-state index contributed by atoms with van der Waals surface area (Å²) in [6, 6.07) is 5.01. The van der Waals surface area contributed by atoms with Crippen molar-refractivity contribution in [1.82, 2.24) is 25.3 Å². The van der Waals surface area contributed by atoms with Crippen LogP contribution in [0, 0.1) is 20.8 Å². The monoisotopic (exact) mass is 446 g/mol. The van der Waals surface area contributed by atoms with Crippen molar-refractivity contribution in [1.29, 1.82) is 0 Å². The maximum absolute atomic E-state index is 5.58. The van der Waals surface area contributed by atoms with Gasteiger partial charge in [0, 0.05) is 48.2 Å². The van der Waals surface area contributed by atoms with E-state index in [2.05, 4.69) is 67.4 Å². The van der Waals surface area contributed by atoms with Crippen LogP contribution >= 0.6 is 11.3 Å². The normalized spacial score (nSPS) is 17.5. The lowest BCUT2D eigenvalue weighted by Crippen LogP contribution is -2.44. The van der Waals surface area contributed by atoms with Gasteiger partial charge in [-0.25, -0.2) is 0 Å². The summed E-state index contributed by atoms with van der Waals surface area (Å²) in [6.07, 6.45) is 0.924. The molecule has 1 aliphatic heterocycles. The lowest BCUT2D eigenvalue weighted by molar-refractivity contribution is 0.0186. The highest BCUT2D eigenvalue weighted by Crippen LogP contribution is 2.28. The van der Waals surface area contributed by atoms with Crippen LogP contribution < -0.4 is 10.6 Å². The van der Waals surface area contributed by atoms with Crippen LogP contribution in [0.3, 0.4) is 0 Å². The molecule has 0 saturated carbocycles. The van der Waals surface area contributed by atoms with Crippen molar-refractivity contribution in [2.45, 2.75) is 53.1 Å². The van der Waals surface area contributed by atoms with Crippen LogP contribution in [-0.4, -0.2) is 66.1 Å². The van der Waals surface area contributed by atoms with Crippen LogP contribution in [0.4, 0.5) is 0 Å². The third kappa shape index (κ3) is 6.30. The molecular formula is C23H38N6OS. The van der Waals surface area contributed by atoms with Crippen molar-refractivity contribution < 1.29 is 4.74 Å². The number of aliphatic imine (C=N–C) groups is 1. The van der Waals surface area contributed by atoms with Crippen molar-refractivity contribution in [2.75, 3.05) is 39.4 Å². The number of hydrogen-bond donors (Lipinski definition) is 2. The second-order valence-corrected chi connectivity index (χ2v) is 9.67. The van der Waals surface area contributed by atoms with E-state index in [9.17, 15) is 0 Å². The standard InChI is InChI=1S/C23H38N6OS/c1-7-24-23(26-16(2)14-20-18(4)27-28(6)19(20)5)25-15-21(22-9-8-17(3)31-22)29-10-12-30-13-11-29/h8-9,16,21H,7,10-15H2,1-6H3,(H2,24,25,26). The molecule has 0 aliphatic carbocycles. The summed E-state index contributed by atoms with van der Waals surface area (Å²) < 4.78 is 7.54. The topological polar surface area (TPSA) is 66.7 Å². The Hall–Kier alpha value is -1.90. The number of aromatic nitrogens is 2. The molecule has 2 unspecified atom stereocenters. The van der Waals surface area contributed by atoms with Crippen molar-refractivity contribution in [3.8, 4) is 0 Å². The predicted molar refractivity (Wildman–Crippen MR) is 129 cm³/mol. The van der Waals surface area contributed by atoms with Gasteiger partial charge in [0.1, 0.15) is 0 Å². The number of guanidine groups is 1. The number of aryl methyl sites for hydroxylation is 3. The Kier molecular flexibility index (Phi) is 8.51. The molecule has 2 N–H and O–H groups in total. The molecule has 2 aromatic heterocycles. The number of nitrogens with zero attached hydrogens (tertiary/aromatic N) is 4. The van der Waals surface area contributed by atoms with Crippen molar-refractivity contribution in [3.05, 3.63) is 38.8 Å². The smallest absolute Gasteiger partial charge is 0.191 e. The predicted octanol–water partition coefficient (Wildman–Crippen LogP) is 2.97. The van der Waals surface area contributed by atoms with Gasteiger partial charge in [0.15, 0.2) is 5.96 Å². The van der Waals surface area contributed by atoms with Gasteiger partial charge in [0.05, 0.1) is 31.5 Å². The third-order valence-corrected chi connectivity index (χ3v) is 7.00. The largest absolute Gasteiger partial charge is 0.379 e. The summed E-state index contributed by atoms with van der Waals surface area (Å²) in [5.74, 6) is 0.876. The third-order valence-electron chi connectivity index (χ3n) is 5.89. The van der Waals surface area contributed by atoms with Crippen LogP contribution in [0.15, 0.2) is 17.1 Å². The highest BCUT2D eigenvalue weighted by Gasteiger charge is 2.24. The van der Waals surface area contributed by atoms with Crippen LogP contribution in [0.2, 0.25) is 0 Å². The maximum atomic E-state index is 5.58. The van der Waals surface area contributed by atoms with E-state index in [4.69, 9.17) is 9.73 Å². The van der Waals surface area contributed by atoms with E-state index in [0.717, 1.165) is 57.5 Å². The maximum Gasteiger partial charge on any atom is 0.191 e. The molecule has 2 atom stereocenters. The van der Waals surface area contributed by atoms with E-state index in [1.54, 1.807) is 0 Å². The van der Waals surface area contributed by atoms with Gasteiger partial charge in [0.2, 0.25) is 0 Å². The first kappa shape index (κ1) is 23.8. The van der Waals surface area contributed by atoms with Crippen LogP contribution in [0.5, 0.6) is 0 Å². The molecule has 0 aromatic carbocycles. The minimum atomic E-state index is 0.255. The van der Waals surface area contributed by atoms with Crippen molar-refractivity contribution >= 4 is 17.3 Å². The molecule has 1 saturated heterocycles.